The van der Waals surface area contributed by atoms with E-state index in [0.29, 0.717) is 18.1 Å². The van der Waals surface area contributed by atoms with E-state index in [1.54, 1.807) is 0 Å². The first-order valence-corrected chi connectivity index (χ1v) is 6.03. The highest BCUT2D eigenvalue weighted by atomic mass is 15.1. The van der Waals surface area contributed by atoms with Crippen molar-refractivity contribution in [1.29, 1.82) is 0 Å². The lowest BCUT2D eigenvalue weighted by Gasteiger charge is -2.04. The molecule has 2 aromatic heterocycles. The minimum atomic E-state index is 0.501. The van der Waals surface area contributed by atoms with E-state index in [0.717, 1.165) is 22.3 Å². The number of rotatable bonds is 2. The molecule has 0 saturated carbocycles. The van der Waals surface area contributed by atoms with E-state index in [-0.39, 0.29) is 0 Å². The molecule has 1 aromatic carbocycles. The predicted octanol–water partition coefficient (Wildman–Crippen LogP) is 1.90. The fourth-order valence-electron chi connectivity index (χ4n) is 1.91. The maximum Gasteiger partial charge on any atom is 0.137 e. The Bertz CT molecular complexity index is 721. The normalized spacial score (nSPS) is 10.8. The summed E-state index contributed by atoms with van der Waals surface area (Å²) in [5.74, 6) is 1.16. The summed E-state index contributed by atoms with van der Waals surface area (Å²) >= 11 is 0. The molecule has 0 unspecified atom stereocenters. The van der Waals surface area contributed by atoms with Crippen molar-refractivity contribution in [3.63, 3.8) is 0 Å². The summed E-state index contributed by atoms with van der Waals surface area (Å²) < 4.78 is 0. The molecule has 0 amide bonds. The van der Waals surface area contributed by atoms with E-state index < -0.39 is 0 Å². The van der Waals surface area contributed by atoms with E-state index in [2.05, 4.69) is 20.2 Å². The SMILES string of the molecule is Cc1ccc(Cc2nc(N)c3ccccc3n2)nn1. The summed E-state index contributed by atoms with van der Waals surface area (Å²) in [6, 6.07) is 11.6. The molecule has 3 rings (SSSR count). The van der Waals surface area contributed by atoms with Gasteiger partial charge in [-0.05, 0) is 31.2 Å². The van der Waals surface area contributed by atoms with Gasteiger partial charge in [0.1, 0.15) is 11.6 Å². The predicted molar refractivity (Wildman–Crippen MR) is 73.5 cm³/mol. The first kappa shape index (κ1) is 11.5. The Labute approximate surface area is 110 Å². The third-order valence-electron chi connectivity index (χ3n) is 2.87. The van der Waals surface area contributed by atoms with Crippen molar-refractivity contribution in [2.24, 2.45) is 0 Å². The van der Waals surface area contributed by atoms with Crippen molar-refractivity contribution in [3.05, 3.63) is 53.6 Å². The molecule has 0 aliphatic rings. The minimum Gasteiger partial charge on any atom is -0.383 e. The fraction of sp³-hybridized carbons (Fsp3) is 0.143. The molecule has 19 heavy (non-hydrogen) atoms. The lowest BCUT2D eigenvalue weighted by Crippen LogP contribution is -2.03. The Morgan fingerprint density at radius 3 is 2.63 bits per heavy atom. The summed E-state index contributed by atoms with van der Waals surface area (Å²) in [6.07, 6.45) is 0.530. The summed E-state index contributed by atoms with van der Waals surface area (Å²) in [5, 5.41) is 9.01. The molecule has 0 saturated heterocycles. The van der Waals surface area contributed by atoms with Gasteiger partial charge in [-0.25, -0.2) is 9.97 Å². The van der Waals surface area contributed by atoms with Crippen LogP contribution in [-0.2, 0) is 6.42 Å². The molecule has 94 valence electrons. The van der Waals surface area contributed by atoms with Gasteiger partial charge in [-0.3, -0.25) is 0 Å². The van der Waals surface area contributed by atoms with Gasteiger partial charge >= 0.3 is 0 Å². The van der Waals surface area contributed by atoms with Gasteiger partial charge < -0.3 is 5.73 Å². The molecule has 5 nitrogen and oxygen atoms in total. The highest BCUT2D eigenvalue weighted by Crippen LogP contribution is 2.17. The second-order valence-corrected chi connectivity index (χ2v) is 4.39. The zero-order valence-corrected chi connectivity index (χ0v) is 10.5. The van der Waals surface area contributed by atoms with Gasteiger partial charge in [0.05, 0.1) is 23.3 Å². The van der Waals surface area contributed by atoms with Gasteiger partial charge in [0.15, 0.2) is 0 Å². The molecule has 0 aliphatic heterocycles. The number of nitrogens with two attached hydrogens (primary N) is 1. The average molecular weight is 251 g/mol. The number of hydrogen-bond acceptors (Lipinski definition) is 5. The number of fused-ring (bicyclic) bond motifs is 1. The van der Waals surface area contributed by atoms with Gasteiger partial charge in [0.2, 0.25) is 0 Å². The maximum atomic E-state index is 5.95. The van der Waals surface area contributed by atoms with Crippen LogP contribution in [0.1, 0.15) is 17.2 Å². The Kier molecular flexibility index (Phi) is 2.79. The second kappa shape index (κ2) is 4.61. The van der Waals surface area contributed by atoms with Crippen molar-refractivity contribution in [2.45, 2.75) is 13.3 Å². The number of aryl methyl sites for hydroxylation is 1. The number of nitrogen functional groups attached to an aromatic ring is 1. The van der Waals surface area contributed by atoms with Gasteiger partial charge in [0, 0.05) is 5.39 Å². The number of benzene rings is 1. The third-order valence-corrected chi connectivity index (χ3v) is 2.87. The van der Waals surface area contributed by atoms with Crippen LogP contribution in [-0.4, -0.2) is 20.2 Å². The summed E-state index contributed by atoms with van der Waals surface area (Å²) in [6.45, 7) is 1.90. The van der Waals surface area contributed by atoms with Crippen LogP contribution >= 0.6 is 0 Å². The fourth-order valence-corrected chi connectivity index (χ4v) is 1.91. The number of aromatic nitrogens is 4. The van der Waals surface area contributed by atoms with Crippen LogP contribution in [0.4, 0.5) is 5.82 Å². The molecule has 0 bridgehead atoms. The van der Waals surface area contributed by atoms with E-state index in [4.69, 9.17) is 5.73 Å². The molecule has 0 aliphatic carbocycles. The van der Waals surface area contributed by atoms with E-state index in [1.807, 2.05) is 43.3 Å². The zero-order chi connectivity index (χ0) is 13.2. The van der Waals surface area contributed by atoms with E-state index in [9.17, 15) is 0 Å². The number of nitrogens with zero attached hydrogens (tertiary/aromatic N) is 4. The number of anilines is 1. The molecule has 0 atom stereocenters. The Morgan fingerprint density at radius 2 is 1.84 bits per heavy atom. The van der Waals surface area contributed by atoms with Crippen molar-refractivity contribution < 1.29 is 0 Å². The van der Waals surface area contributed by atoms with Crippen LogP contribution in [0.5, 0.6) is 0 Å². The monoisotopic (exact) mass is 251 g/mol. The van der Waals surface area contributed by atoms with Crippen LogP contribution in [0.3, 0.4) is 0 Å². The third kappa shape index (κ3) is 2.35. The zero-order valence-electron chi connectivity index (χ0n) is 10.5. The van der Waals surface area contributed by atoms with Crippen LogP contribution in [0.15, 0.2) is 36.4 Å². The average Bonchev–Trinajstić information content (AvgIpc) is 2.42. The molecule has 0 spiro atoms. The van der Waals surface area contributed by atoms with Crippen molar-refractivity contribution in [3.8, 4) is 0 Å². The molecule has 3 aromatic rings. The van der Waals surface area contributed by atoms with Gasteiger partial charge in [-0.2, -0.15) is 10.2 Å². The molecule has 0 fully saturated rings. The molecule has 2 heterocycles. The lowest BCUT2D eigenvalue weighted by atomic mass is 10.2. The van der Waals surface area contributed by atoms with Crippen LogP contribution in [0.25, 0.3) is 10.9 Å². The van der Waals surface area contributed by atoms with E-state index in [1.165, 1.54) is 0 Å². The van der Waals surface area contributed by atoms with Crippen molar-refractivity contribution >= 4 is 16.7 Å². The Hall–Kier alpha value is -2.56. The van der Waals surface area contributed by atoms with Gasteiger partial charge in [-0.1, -0.05) is 12.1 Å². The Balaban J connectivity index is 1.99. The lowest BCUT2D eigenvalue weighted by molar-refractivity contribution is 0.875. The smallest absolute Gasteiger partial charge is 0.137 e. The van der Waals surface area contributed by atoms with Crippen molar-refractivity contribution in [2.75, 3.05) is 5.73 Å². The quantitative estimate of drug-likeness (QED) is 0.752. The van der Waals surface area contributed by atoms with Gasteiger partial charge in [-0.15, -0.1) is 0 Å². The standard InChI is InChI=1S/C14H13N5/c1-9-6-7-10(19-18-9)8-13-16-12-5-3-2-4-11(12)14(15)17-13/h2-7H,8H2,1H3,(H2,15,16,17). The first-order chi connectivity index (χ1) is 9.22. The van der Waals surface area contributed by atoms with Crippen LogP contribution in [0.2, 0.25) is 0 Å². The van der Waals surface area contributed by atoms with Crippen LogP contribution in [0, 0.1) is 6.92 Å². The summed E-state index contributed by atoms with van der Waals surface area (Å²) in [4.78, 5) is 8.81. The molecular formula is C14H13N5. The summed E-state index contributed by atoms with van der Waals surface area (Å²) in [5.41, 5.74) is 8.52. The second-order valence-electron chi connectivity index (χ2n) is 4.39. The highest BCUT2D eigenvalue weighted by Gasteiger charge is 2.06. The molecular weight excluding hydrogens is 238 g/mol. The largest absolute Gasteiger partial charge is 0.383 e. The van der Waals surface area contributed by atoms with Gasteiger partial charge in [0.25, 0.3) is 0 Å². The topological polar surface area (TPSA) is 77.6 Å². The molecule has 2 N–H and O–H groups in total. The summed E-state index contributed by atoms with van der Waals surface area (Å²) in [7, 11) is 0. The van der Waals surface area contributed by atoms with Crippen molar-refractivity contribution in [1.82, 2.24) is 20.2 Å². The highest BCUT2D eigenvalue weighted by molar-refractivity contribution is 5.87. The number of hydrogen-bond donors (Lipinski definition) is 1. The minimum absolute atomic E-state index is 0.501. The Morgan fingerprint density at radius 1 is 1.00 bits per heavy atom. The van der Waals surface area contributed by atoms with E-state index >= 15 is 0 Å². The van der Waals surface area contributed by atoms with Crippen LogP contribution < -0.4 is 5.73 Å². The molecule has 5 heteroatoms. The maximum absolute atomic E-state index is 5.95. The molecule has 0 radical (unpaired) electrons. The number of para-hydroxylation sites is 1. The first-order valence-electron chi connectivity index (χ1n) is 6.03.